The molecule has 6 nitrogen and oxygen atoms in total. The Morgan fingerprint density at radius 3 is 2.64 bits per heavy atom. The van der Waals surface area contributed by atoms with Gasteiger partial charge in [0, 0.05) is 18.6 Å². The molecule has 4 amide bonds. The fraction of sp³-hybridized carbons (Fsp3) is 0.500. The molecule has 136 valence electrons. The summed E-state index contributed by atoms with van der Waals surface area (Å²) in [6, 6.07) is 6.69. The van der Waals surface area contributed by atoms with Crippen molar-refractivity contribution in [3.05, 3.63) is 34.9 Å². The van der Waals surface area contributed by atoms with Gasteiger partial charge in [0.05, 0.1) is 0 Å². The van der Waals surface area contributed by atoms with Gasteiger partial charge in [0.2, 0.25) is 5.91 Å². The summed E-state index contributed by atoms with van der Waals surface area (Å²) in [5, 5.41) is 3.31. The van der Waals surface area contributed by atoms with Crippen LogP contribution in [0.25, 0.3) is 0 Å². The van der Waals surface area contributed by atoms with Gasteiger partial charge in [0.25, 0.3) is 5.91 Å². The Bertz CT molecular complexity index is 692. The van der Waals surface area contributed by atoms with Crippen LogP contribution in [0, 0.1) is 5.92 Å². The maximum atomic E-state index is 12.6. The average molecular weight is 366 g/mol. The standard InChI is InChI=1S/C18H24ClN3O3/c1-12(2)9-18(3)16(24)22(17(25)20-18)11-15(23)21(4)10-13-6-5-7-14(19)8-13/h5-8,12H,9-11H2,1-4H3,(H,20,25). The summed E-state index contributed by atoms with van der Waals surface area (Å²) in [6.45, 7) is 5.75. The molecule has 1 saturated heterocycles. The zero-order valence-electron chi connectivity index (χ0n) is 15.0. The molecule has 0 aliphatic carbocycles. The monoisotopic (exact) mass is 365 g/mol. The van der Waals surface area contributed by atoms with Gasteiger partial charge in [-0.1, -0.05) is 37.6 Å². The van der Waals surface area contributed by atoms with Crippen molar-refractivity contribution in [1.29, 1.82) is 0 Å². The second-order valence-corrected chi connectivity index (χ2v) is 7.57. The molecule has 0 bridgehead atoms. The third-order valence-corrected chi connectivity index (χ3v) is 4.42. The molecule has 0 radical (unpaired) electrons. The SMILES string of the molecule is CC(C)CC1(C)NC(=O)N(CC(=O)N(C)Cc2cccc(Cl)c2)C1=O. The molecule has 1 fully saturated rings. The molecule has 1 aliphatic rings. The molecule has 7 heteroatoms. The van der Waals surface area contributed by atoms with Crippen LogP contribution in [0.5, 0.6) is 0 Å². The van der Waals surface area contributed by atoms with Crippen molar-refractivity contribution in [2.24, 2.45) is 5.92 Å². The predicted molar refractivity (Wildman–Crippen MR) is 96.0 cm³/mol. The molecule has 25 heavy (non-hydrogen) atoms. The first-order valence-corrected chi connectivity index (χ1v) is 8.62. The number of nitrogens with one attached hydrogen (secondary N) is 1. The van der Waals surface area contributed by atoms with Crippen LogP contribution in [0.2, 0.25) is 5.02 Å². The van der Waals surface area contributed by atoms with Gasteiger partial charge in [-0.3, -0.25) is 14.5 Å². The highest BCUT2D eigenvalue weighted by molar-refractivity contribution is 6.30. The van der Waals surface area contributed by atoms with Crippen LogP contribution in [0.3, 0.4) is 0 Å². The highest BCUT2D eigenvalue weighted by Gasteiger charge is 2.48. The minimum atomic E-state index is -0.947. The van der Waals surface area contributed by atoms with E-state index >= 15 is 0 Å². The van der Waals surface area contributed by atoms with E-state index < -0.39 is 11.6 Å². The van der Waals surface area contributed by atoms with E-state index in [0.717, 1.165) is 10.5 Å². The first-order chi connectivity index (χ1) is 11.6. The van der Waals surface area contributed by atoms with E-state index in [0.29, 0.717) is 18.0 Å². The molecule has 1 aromatic rings. The molecule has 1 aromatic carbocycles. The lowest BCUT2D eigenvalue weighted by atomic mass is 9.91. The minimum Gasteiger partial charge on any atom is -0.340 e. The zero-order valence-corrected chi connectivity index (χ0v) is 15.8. The fourth-order valence-corrected chi connectivity index (χ4v) is 3.31. The third-order valence-electron chi connectivity index (χ3n) is 4.19. The van der Waals surface area contributed by atoms with Gasteiger partial charge < -0.3 is 10.2 Å². The summed E-state index contributed by atoms with van der Waals surface area (Å²) in [5.41, 5.74) is -0.0676. The van der Waals surface area contributed by atoms with Crippen molar-refractivity contribution < 1.29 is 14.4 Å². The normalized spacial score (nSPS) is 20.2. The Labute approximate surface area is 153 Å². The van der Waals surface area contributed by atoms with Crippen molar-refractivity contribution in [3.63, 3.8) is 0 Å². The van der Waals surface area contributed by atoms with Crippen LogP contribution in [-0.4, -0.2) is 46.8 Å². The Hall–Kier alpha value is -2.08. The molecule has 1 unspecified atom stereocenters. The highest BCUT2D eigenvalue weighted by Crippen LogP contribution is 2.25. The number of carbonyl (C=O) groups excluding carboxylic acids is 3. The lowest BCUT2D eigenvalue weighted by Gasteiger charge is -2.24. The number of rotatable bonds is 6. The molecule has 0 spiro atoms. The average Bonchev–Trinajstić information content (AvgIpc) is 2.69. The number of imide groups is 1. The zero-order chi connectivity index (χ0) is 18.8. The number of urea groups is 1. The van der Waals surface area contributed by atoms with E-state index in [2.05, 4.69) is 5.32 Å². The van der Waals surface area contributed by atoms with Gasteiger partial charge >= 0.3 is 6.03 Å². The van der Waals surface area contributed by atoms with Gasteiger partial charge in [0.1, 0.15) is 12.1 Å². The molecular formula is C18H24ClN3O3. The minimum absolute atomic E-state index is 0.246. The van der Waals surface area contributed by atoms with Gasteiger partial charge in [-0.15, -0.1) is 0 Å². The molecule has 1 heterocycles. The van der Waals surface area contributed by atoms with Crippen molar-refractivity contribution in [1.82, 2.24) is 15.1 Å². The van der Waals surface area contributed by atoms with Crippen LogP contribution in [-0.2, 0) is 16.1 Å². The number of benzene rings is 1. The second-order valence-electron chi connectivity index (χ2n) is 7.13. The quantitative estimate of drug-likeness (QED) is 0.788. The van der Waals surface area contributed by atoms with E-state index in [9.17, 15) is 14.4 Å². The van der Waals surface area contributed by atoms with Crippen LogP contribution in [0.15, 0.2) is 24.3 Å². The van der Waals surface area contributed by atoms with Crippen molar-refractivity contribution in [2.45, 2.75) is 39.3 Å². The van der Waals surface area contributed by atoms with Crippen LogP contribution < -0.4 is 5.32 Å². The topological polar surface area (TPSA) is 69.7 Å². The number of halogens is 1. The van der Waals surface area contributed by atoms with Gasteiger partial charge in [-0.25, -0.2) is 4.79 Å². The molecular weight excluding hydrogens is 342 g/mol. The molecule has 2 rings (SSSR count). The Morgan fingerprint density at radius 1 is 1.36 bits per heavy atom. The Morgan fingerprint density at radius 2 is 2.04 bits per heavy atom. The number of hydrogen-bond donors (Lipinski definition) is 1. The highest BCUT2D eigenvalue weighted by atomic mass is 35.5. The maximum absolute atomic E-state index is 12.6. The van der Waals surface area contributed by atoms with E-state index in [1.165, 1.54) is 4.90 Å². The van der Waals surface area contributed by atoms with Gasteiger partial charge in [-0.2, -0.15) is 0 Å². The number of hydrogen-bond acceptors (Lipinski definition) is 3. The molecule has 1 atom stereocenters. The molecule has 1 N–H and O–H groups in total. The predicted octanol–water partition coefficient (Wildman–Crippen LogP) is 2.66. The third kappa shape index (κ3) is 4.51. The van der Waals surface area contributed by atoms with Crippen LogP contribution >= 0.6 is 11.6 Å². The van der Waals surface area contributed by atoms with Crippen molar-refractivity contribution in [3.8, 4) is 0 Å². The van der Waals surface area contributed by atoms with Crippen molar-refractivity contribution >= 4 is 29.4 Å². The summed E-state index contributed by atoms with van der Waals surface area (Å²) >= 11 is 5.95. The van der Waals surface area contributed by atoms with Gasteiger partial charge in [-0.05, 0) is 37.0 Å². The fourth-order valence-electron chi connectivity index (χ4n) is 3.10. The van der Waals surface area contributed by atoms with Crippen LogP contribution in [0.4, 0.5) is 4.79 Å². The first-order valence-electron chi connectivity index (χ1n) is 8.25. The van der Waals surface area contributed by atoms with E-state index in [1.54, 1.807) is 26.1 Å². The summed E-state index contributed by atoms with van der Waals surface area (Å²) in [5.74, 6) is -0.414. The van der Waals surface area contributed by atoms with E-state index in [-0.39, 0.29) is 24.3 Å². The lowest BCUT2D eigenvalue weighted by Crippen LogP contribution is -2.46. The van der Waals surface area contributed by atoms with Gasteiger partial charge in [0.15, 0.2) is 0 Å². The summed E-state index contributed by atoms with van der Waals surface area (Å²) in [4.78, 5) is 39.6. The summed E-state index contributed by atoms with van der Waals surface area (Å²) in [7, 11) is 1.63. The largest absolute Gasteiger partial charge is 0.340 e. The number of nitrogens with zero attached hydrogens (tertiary/aromatic N) is 2. The lowest BCUT2D eigenvalue weighted by molar-refractivity contribution is -0.138. The second kappa shape index (κ2) is 7.44. The Balaban J connectivity index is 2.02. The van der Waals surface area contributed by atoms with E-state index in [4.69, 9.17) is 11.6 Å². The smallest absolute Gasteiger partial charge is 0.325 e. The molecule has 0 saturated carbocycles. The summed E-state index contributed by atoms with van der Waals surface area (Å²) in [6.07, 6.45) is 0.528. The first kappa shape index (κ1) is 19.2. The summed E-state index contributed by atoms with van der Waals surface area (Å²) < 4.78 is 0. The number of amides is 4. The maximum Gasteiger partial charge on any atom is 0.325 e. The van der Waals surface area contributed by atoms with Crippen molar-refractivity contribution in [2.75, 3.05) is 13.6 Å². The van der Waals surface area contributed by atoms with Crippen LogP contribution in [0.1, 0.15) is 32.8 Å². The van der Waals surface area contributed by atoms with E-state index in [1.807, 2.05) is 26.0 Å². The Kier molecular flexibility index (Phi) is 5.72. The molecule has 0 aromatic heterocycles. The number of likely N-dealkylation sites (N-methyl/N-ethyl adjacent to an activating group) is 1. The number of carbonyl (C=O) groups is 3. The molecule has 1 aliphatic heterocycles.